The van der Waals surface area contributed by atoms with Gasteiger partial charge < -0.3 is 9.67 Å². The van der Waals surface area contributed by atoms with Gasteiger partial charge >= 0.3 is 5.97 Å². The summed E-state index contributed by atoms with van der Waals surface area (Å²) in [6.45, 7) is 0. The van der Waals surface area contributed by atoms with Crippen LogP contribution in [0.4, 0.5) is 4.39 Å². The summed E-state index contributed by atoms with van der Waals surface area (Å²) >= 11 is 8.92. The molecule has 2 aromatic rings. The van der Waals surface area contributed by atoms with Crippen molar-refractivity contribution in [2.75, 3.05) is 0 Å². The lowest BCUT2D eigenvalue weighted by atomic mass is 10.3. The number of halogens is 3. The number of hydrogen-bond donors (Lipinski definition) is 1. The van der Waals surface area contributed by atoms with E-state index in [1.165, 1.54) is 35.0 Å². The Balaban J connectivity index is 2.67. The van der Waals surface area contributed by atoms with E-state index in [2.05, 4.69) is 15.9 Å². The van der Waals surface area contributed by atoms with Crippen molar-refractivity contribution in [3.05, 3.63) is 51.5 Å². The van der Waals surface area contributed by atoms with Crippen molar-refractivity contribution in [2.24, 2.45) is 0 Å². The Bertz CT molecular complexity index is 597. The van der Waals surface area contributed by atoms with Gasteiger partial charge in [-0.15, -0.1) is 0 Å². The van der Waals surface area contributed by atoms with E-state index in [9.17, 15) is 9.18 Å². The summed E-state index contributed by atoms with van der Waals surface area (Å²) in [5, 5.41) is 9.34. The van der Waals surface area contributed by atoms with Crippen molar-refractivity contribution in [3.8, 4) is 5.69 Å². The zero-order valence-electron chi connectivity index (χ0n) is 8.32. The van der Waals surface area contributed by atoms with Gasteiger partial charge in [-0.05, 0) is 40.2 Å². The molecule has 0 unspecified atom stereocenters. The topological polar surface area (TPSA) is 42.2 Å². The van der Waals surface area contributed by atoms with Gasteiger partial charge in [-0.2, -0.15) is 0 Å². The van der Waals surface area contributed by atoms with Crippen molar-refractivity contribution >= 4 is 33.5 Å². The van der Waals surface area contributed by atoms with Crippen LogP contribution in [0.2, 0.25) is 5.02 Å². The first-order valence-electron chi connectivity index (χ1n) is 4.55. The molecule has 17 heavy (non-hydrogen) atoms. The van der Waals surface area contributed by atoms with Gasteiger partial charge in [0.25, 0.3) is 0 Å². The molecular weight excluding hydrogens is 312 g/mol. The lowest BCUT2D eigenvalue weighted by molar-refractivity contribution is 0.0688. The third kappa shape index (κ3) is 2.35. The Kier molecular flexibility index (Phi) is 3.22. The molecule has 0 saturated heterocycles. The first-order valence-corrected chi connectivity index (χ1v) is 5.73. The Morgan fingerprint density at radius 3 is 2.76 bits per heavy atom. The highest BCUT2D eigenvalue weighted by molar-refractivity contribution is 9.10. The van der Waals surface area contributed by atoms with Gasteiger partial charge in [0.2, 0.25) is 0 Å². The van der Waals surface area contributed by atoms with Crippen LogP contribution >= 0.6 is 27.5 Å². The second-order valence-electron chi connectivity index (χ2n) is 3.31. The van der Waals surface area contributed by atoms with E-state index in [-0.39, 0.29) is 11.4 Å². The predicted octanol–water partition coefficient (Wildman–Crippen LogP) is 3.73. The van der Waals surface area contributed by atoms with Crippen molar-refractivity contribution in [1.29, 1.82) is 0 Å². The Morgan fingerprint density at radius 2 is 2.12 bits per heavy atom. The van der Waals surface area contributed by atoms with Crippen molar-refractivity contribution in [3.63, 3.8) is 0 Å². The summed E-state index contributed by atoms with van der Waals surface area (Å²) in [6.07, 6.45) is 1.47. The van der Waals surface area contributed by atoms with Gasteiger partial charge in [0.05, 0.1) is 5.69 Å². The molecule has 1 aromatic heterocycles. The fourth-order valence-corrected chi connectivity index (χ4v) is 2.05. The van der Waals surface area contributed by atoms with Crippen molar-refractivity contribution in [1.82, 2.24) is 4.57 Å². The minimum absolute atomic E-state index is 0.0435. The summed E-state index contributed by atoms with van der Waals surface area (Å²) in [4.78, 5) is 11.0. The molecule has 1 heterocycles. The monoisotopic (exact) mass is 317 g/mol. The Labute approximate surface area is 110 Å². The lowest BCUT2D eigenvalue weighted by Gasteiger charge is -2.07. The number of rotatable bonds is 2. The molecule has 0 spiro atoms. The summed E-state index contributed by atoms with van der Waals surface area (Å²) in [5.74, 6) is -1.69. The van der Waals surface area contributed by atoms with E-state index < -0.39 is 11.8 Å². The van der Waals surface area contributed by atoms with Gasteiger partial charge in [0.1, 0.15) is 11.5 Å². The van der Waals surface area contributed by atoms with E-state index in [0.717, 1.165) is 0 Å². The van der Waals surface area contributed by atoms with E-state index in [0.29, 0.717) is 9.50 Å². The molecule has 6 heteroatoms. The number of aromatic carboxylic acids is 1. The number of aromatic nitrogens is 1. The molecule has 0 aliphatic heterocycles. The average Bonchev–Trinajstić information content (AvgIpc) is 2.64. The molecule has 3 nitrogen and oxygen atoms in total. The van der Waals surface area contributed by atoms with Crippen LogP contribution in [0.15, 0.2) is 34.9 Å². The first-order chi connectivity index (χ1) is 7.99. The number of carboxylic acid groups (broad SMARTS) is 1. The molecule has 0 fully saturated rings. The van der Waals surface area contributed by atoms with Gasteiger partial charge in [-0.3, -0.25) is 0 Å². The normalized spacial score (nSPS) is 10.5. The maximum Gasteiger partial charge on any atom is 0.352 e. The fraction of sp³-hybridized carbons (Fsp3) is 0. The highest BCUT2D eigenvalue weighted by Crippen LogP contribution is 2.24. The van der Waals surface area contributed by atoms with Gasteiger partial charge in [0, 0.05) is 15.7 Å². The zero-order chi connectivity index (χ0) is 12.6. The zero-order valence-corrected chi connectivity index (χ0v) is 10.7. The molecule has 0 saturated carbocycles. The van der Waals surface area contributed by atoms with Crippen molar-refractivity contribution < 1.29 is 14.3 Å². The molecule has 1 aromatic carbocycles. The number of carboxylic acids is 1. The molecule has 0 aliphatic rings. The lowest BCUT2D eigenvalue weighted by Crippen LogP contribution is -2.07. The second-order valence-corrected chi connectivity index (χ2v) is 4.67. The van der Waals surface area contributed by atoms with E-state index >= 15 is 0 Å². The largest absolute Gasteiger partial charge is 0.477 e. The first kappa shape index (κ1) is 12.1. The third-order valence-corrected chi connectivity index (χ3v) is 2.84. The van der Waals surface area contributed by atoms with Gasteiger partial charge in [-0.25, -0.2) is 9.18 Å². The highest BCUT2D eigenvalue weighted by Gasteiger charge is 2.15. The van der Waals surface area contributed by atoms with Crippen molar-refractivity contribution in [2.45, 2.75) is 0 Å². The van der Waals surface area contributed by atoms with E-state index in [1.54, 1.807) is 0 Å². The molecular formula is C11H6BrClFNO2. The maximum atomic E-state index is 13.6. The molecule has 0 radical (unpaired) electrons. The highest BCUT2D eigenvalue weighted by atomic mass is 79.9. The van der Waals surface area contributed by atoms with Crippen LogP contribution < -0.4 is 0 Å². The molecule has 88 valence electrons. The molecule has 1 N–H and O–H groups in total. The van der Waals surface area contributed by atoms with Gasteiger partial charge in [-0.1, -0.05) is 11.6 Å². The van der Waals surface area contributed by atoms with Crippen LogP contribution in [0.5, 0.6) is 0 Å². The SMILES string of the molecule is O=C(O)c1cc(Br)cn1-c1cc(Cl)ccc1F. The van der Waals surface area contributed by atoms with Gasteiger partial charge in [0.15, 0.2) is 0 Å². The average molecular weight is 319 g/mol. The molecule has 2 rings (SSSR count). The van der Waals surface area contributed by atoms with Crippen LogP contribution in [-0.2, 0) is 0 Å². The number of hydrogen-bond acceptors (Lipinski definition) is 1. The summed E-state index contributed by atoms with van der Waals surface area (Å²) in [7, 11) is 0. The summed E-state index contributed by atoms with van der Waals surface area (Å²) < 4.78 is 15.4. The molecule has 0 amide bonds. The van der Waals surface area contributed by atoms with Crippen LogP contribution in [0.1, 0.15) is 10.5 Å². The number of benzene rings is 1. The van der Waals surface area contributed by atoms with E-state index in [4.69, 9.17) is 16.7 Å². The molecule has 0 atom stereocenters. The number of nitrogens with zero attached hydrogens (tertiary/aromatic N) is 1. The molecule has 0 aliphatic carbocycles. The summed E-state index contributed by atoms with van der Waals surface area (Å²) in [5.41, 5.74) is 0.0543. The maximum absolute atomic E-state index is 13.6. The molecule has 0 bridgehead atoms. The summed E-state index contributed by atoms with van der Waals surface area (Å²) in [6, 6.07) is 5.36. The van der Waals surface area contributed by atoms with Crippen LogP contribution in [0.25, 0.3) is 5.69 Å². The number of carbonyl (C=O) groups is 1. The van der Waals surface area contributed by atoms with E-state index in [1.807, 2.05) is 0 Å². The Hall–Kier alpha value is -1.33. The minimum Gasteiger partial charge on any atom is -0.477 e. The third-order valence-electron chi connectivity index (χ3n) is 2.17. The smallest absolute Gasteiger partial charge is 0.352 e. The quantitative estimate of drug-likeness (QED) is 0.916. The second kappa shape index (κ2) is 4.50. The van der Waals surface area contributed by atoms with Crippen LogP contribution in [0.3, 0.4) is 0 Å². The van der Waals surface area contributed by atoms with Crippen LogP contribution in [-0.4, -0.2) is 15.6 Å². The Morgan fingerprint density at radius 1 is 1.41 bits per heavy atom. The fourth-order valence-electron chi connectivity index (χ4n) is 1.46. The standard InChI is InChI=1S/C11H6BrClFNO2/c12-6-3-10(11(16)17)15(5-6)9-4-7(13)1-2-8(9)14/h1-5H,(H,16,17). The predicted molar refractivity (Wildman–Crippen MR) is 65.4 cm³/mol. The van der Waals surface area contributed by atoms with Crippen LogP contribution in [0, 0.1) is 5.82 Å². The minimum atomic E-state index is -1.14.